The Morgan fingerprint density at radius 3 is 3.17 bits per heavy atom. The van der Waals surface area contributed by atoms with Crippen LogP contribution >= 0.6 is 27.3 Å². The monoisotopic (exact) mass is 332 g/mol. The van der Waals surface area contributed by atoms with E-state index in [-0.39, 0.29) is 11.9 Å². The van der Waals surface area contributed by atoms with Crippen LogP contribution in [-0.2, 0) is 16.1 Å². The highest BCUT2D eigenvalue weighted by Crippen LogP contribution is 2.21. The van der Waals surface area contributed by atoms with Gasteiger partial charge in [-0.2, -0.15) is 0 Å². The first-order valence-corrected chi connectivity index (χ1v) is 7.60. The molecule has 1 saturated heterocycles. The second-order valence-electron chi connectivity index (χ2n) is 4.44. The van der Waals surface area contributed by atoms with E-state index < -0.39 is 0 Å². The molecule has 0 aliphatic carbocycles. The highest BCUT2D eigenvalue weighted by atomic mass is 79.9. The zero-order chi connectivity index (χ0) is 13.0. The molecule has 18 heavy (non-hydrogen) atoms. The molecular weight excluding hydrogens is 316 g/mol. The fraction of sp³-hybridized carbons (Fsp3) is 0.583. The second kappa shape index (κ2) is 6.65. The van der Waals surface area contributed by atoms with E-state index in [1.807, 2.05) is 7.05 Å². The highest BCUT2D eigenvalue weighted by molar-refractivity contribution is 9.11. The van der Waals surface area contributed by atoms with Crippen LogP contribution in [0.5, 0.6) is 0 Å². The molecule has 1 aromatic rings. The molecule has 1 aliphatic rings. The average Bonchev–Trinajstić information content (AvgIpc) is 2.76. The smallest absolute Gasteiger partial charge is 0.224 e. The summed E-state index contributed by atoms with van der Waals surface area (Å²) in [6, 6.07) is 2.21. The van der Waals surface area contributed by atoms with Crippen molar-refractivity contribution in [3.8, 4) is 0 Å². The van der Waals surface area contributed by atoms with E-state index in [9.17, 15) is 4.79 Å². The van der Waals surface area contributed by atoms with Gasteiger partial charge in [-0.3, -0.25) is 4.79 Å². The number of hydrogen-bond acceptors (Lipinski definition) is 4. The molecule has 2 rings (SSSR count). The summed E-state index contributed by atoms with van der Waals surface area (Å²) in [4.78, 5) is 13.8. The highest BCUT2D eigenvalue weighted by Gasteiger charge is 2.19. The Morgan fingerprint density at radius 2 is 2.56 bits per heavy atom. The van der Waals surface area contributed by atoms with E-state index in [1.165, 1.54) is 0 Å². The number of halogens is 1. The van der Waals surface area contributed by atoms with E-state index in [4.69, 9.17) is 4.74 Å². The second-order valence-corrected chi connectivity index (χ2v) is 6.73. The lowest BCUT2D eigenvalue weighted by molar-refractivity contribution is -0.131. The summed E-state index contributed by atoms with van der Waals surface area (Å²) in [5.74, 6) is 0.153. The van der Waals surface area contributed by atoms with Gasteiger partial charge in [-0.05, 0) is 32.9 Å². The number of amides is 1. The molecule has 1 N–H and O–H groups in total. The molecule has 0 radical (unpaired) electrons. The van der Waals surface area contributed by atoms with E-state index >= 15 is 0 Å². The maximum Gasteiger partial charge on any atom is 0.224 e. The normalized spacial score (nSPS) is 19.8. The molecule has 1 aromatic heterocycles. The van der Waals surface area contributed by atoms with Crippen molar-refractivity contribution >= 4 is 33.2 Å². The Bertz CT molecular complexity index is 405. The first kappa shape index (κ1) is 14.0. The van der Waals surface area contributed by atoms with Crippen molar-refractivity contribution in [3.05, 3.63) is 20.8 Å². The van der Waals surface area contributed by atoms with Gasteiger partial charge in [-0.15, -0.1) is 11.3 Å². The Balaban J connectivity index is 1.80. The van der Waals surface area contributed by atoms with Crippen LogP contribution in [-0.4, -0.2) is 43.7 Å². The van der Waals surface area contributed by atoms with Crippen molar-refractivity contribution in [2.45, 2.75) is 19.0 Å². The van der Waals surface area contributed by atoms with Crippen LogP contribution in [0.1, 0.15) is 12.0 Å². The van der Waals surface area contributed by atoms with Gasteiger partial charge in [-0.1, -0.05) is 0 Å². The Morgan fingerprint density at radius 1 is 1.72 bits per heavy atom. The molecule has 100 valence electrons. The minimum absolute atomic E-state index is 0.153. The Kier molecular flexibility index (Phi) is 5.17. The number of hydrogen-bond donors (Lipinski definition) is 1. The van der Waals surface area contributed by atoms with Gasteiger partial charge in [0.05, 0.1) is 17.0 Å². The summed E-state index contributed by atoms with van der Waals surface area (Å²) in [6.45, 7) is 2.86. The summed E-state index contributed by atoms with van der Waals surface area (Å²) in [7, 11) is 1.84. The summed E-state index contributed by atoms with van der Waals surface area (Å²) in [5, 5.41) is 5.36. The van der Waals surface area contributed by atoms with Gasteiger partial charge in [0.15, 0.2) is 0 Å². The third-order valence-electron chi connectivity index (χ3n) is 2.89. The van der Waals surface area contributed by atoms with Gasteiger partial charge in [0.25, 0.3) is 0 Å². The van der Waals surface area contributed by atoms with Crippen molar-refractivity contribution in [2.75, 3.05) is 26.8 Å². The van der Waals surface area contributed by atoms with Crippen LogP contribution in [0.3, 0.4) is 0 Å². The van der Waals surface area contributed by atoms with Crippen molar-refractivity contribution in [1.82, 2.24) is 10.2 Å². The van der Waals surface area contributed by atoms with Crippen molar-refractivity contribution in [3.63, 3.8) is 0 Å². The Labute approximate surface area is 119 Å². The van der Waals surface area contributed by atoms with Crippen molar-refractivity contribution in [1.29, 1.82) is 0 Å². The summed E-state index contributed by atoms with van der Waals surface area (Å²) in [5.41, 5.74) is 1.16. The molecule has 0 aromatic carbocycles. The number of nitrogens with zero attached hydrogens (tertiary/aromatic N) is 1. The van der Waals surface area contributed by atoms with Gasteiger partial charge in [0.1, 0.15) is 0 Å². The molecule has 2 heterocycles. The lowest BCUT2D eigenvalue weighted by Crippen LogP contribution is -2.44. The van der Waals surface area contributed by atoms with E-state index in [0.717, 1.165) is 22.5 Å². The molecule has 1 unspecified atom stereocenters. The molecule has 6 heteroatoms. The zero-order valence-corrected chi connectivity index (χ0v) is 12.7. The van der Waals surface area contributed by atoms with Crippen LogP contribution < -0.4 is 5.32 Å². The van der Waals surface area contributed by atoms with Crippen LogP contribution in [0, 0.1) is 0 Å². The largest absolute Gasteiger partial charge is 0.378 e. The van der Waals surface area contributed by atoms with Gasteiger partial charge in [-0.25, -0.2) is 0 Å². The van der Waals surface area contributed by atoms with Gasteiger partial charge >= 0.3 is 0 Å². The SMILES string of the molecule is CN(Cc1csc(Br)c1)C(=O)CC1COCCN1. The number of morpholine rings is 1. The molecule has 1 aliphatic heterocycles. The van der Waals surface area contributed by atoms with E-state index in [0.29, 0.717) is 19.6 Å². The minimum Gasteiger partial charge on any atom is -0.378 e. The van der Waals surface area contributed by atoms with Crippen molar-refractivity contribution < 1.29 is 9.53 Å². The maximum atomic E-state index is 12.0. The quantitative estimate of drug-likeness (QED) is 0.914. The molecule has 1 amide bonds. The average molecular weight is 333 g/mol. The third-order valence-corrected chi connectivity index (χ3v) is 4.44. The van der Waals surface area contributed by atoms with Crippen LogP contribution in [0.4, 0.5) is 0 Å². The Hall–Kier alpha value is -0.430. The van der Waals surface area contributed by atoms with E-state index in [1.54, 1.807) is 16.2 Å². The van der Waals surface area contributed by atoms with Crippen LogP contribution in [0.2, 0.25) is 0 Å². The maximum absolute atomic E-state index is 12.0. The number of rotatable bonds is 4. The summed E-state index contributed by atoms with van der Waals surface area (Å²) >= 11 is 5.07. The van der Waals surface area contributed by atoms with Gasteiger partial charge in [0.2, 0.25) is 5.91 Å². The zero-order valence-electron chi connectivity index (χ0n) is 10.3. The first-order valence-electron chi connectivity index (χ1n) is 5.93. The topological polar surface area (TPSA) is 41.6 Å². The first-order chi connectivity index (χ1) is 8.65. The molecule has 0 bridgehead atoms. The lowest BCUT2D eigenvalue weighted by Gasteiger charge is -2.25. The third kappa shape index (κ3) is 4.05. The molecule has 1 fully saturated rings. The number of ether oxygens (including phenoxy) is 1. The number of carbonyl (C=O) groups excluding carboxylic acids is 1. The molecule has 4 nitrogen and oxygen atoms in total. The van der Waals surface area contributed by atoms with Crippen LogP contribution in [0.15, 0.2) is 15.2 Å². The number of thiophene rings is 1. The summed E-state index contributed by atoms with van der Waals surface area (Å²) in [6.07, 6.45) is 0.502. The van der Waals surface area contributed by atoms with E-state index in [2.05, 4.69) is 32.7 Å². The lowest BCUT2D eigenvalue weighted by atomic mass is 10.2. The summed E-state index contributed by atoms with van der Waals surface area (Å²) < 4.78 is 6.44. The molecule has 0 spiro atoms. The van der Waals surface area contributed by atoms with Crippen LogP contribution in [0.25, 0.3) is 0 Å². The molecule has 1 atom stereocenters. The minimum atomic E-state index is 0.153. The van der Waals surface area contributed by atoms with Gasteiger partial charge in [0, 0.05) is 32.6 Å². The molecular formula is C12H17BrN2O2S. The predicted molar refractivity (Wildman–Crippen MR) is 75.7 cm³/mol. The number of nitrogens with one attached hydrogen (secondary N) is 1. The fourth-order valence-corrected chi connectivity index (χ4v) is 3.11. The predicted octanol–water partition coefficient (Wildman–Crippen LogP) is 1.85. The standard InChI is InChI=1S/C12H17BrN2O2S/c1-15(6-9-4-11(13)18-8-9)12(16)5-10-7-17-3-2-14-10/h4,8,10,14H,2-3,5-7H2,1H3. The van der Waals surface area contributed by atoms with Crippen molar-refractivity contribution in [2.24, 2.45) is 0 Å². The number of carbonyl (C=O) groups is 1. The van der Waals surface area contributed by atoms with Gasteiger partial charge < -0.3 is 15.0 Å². The molecule has 0 saturated carbocycles. The fourth-order valence-electron chi connectivity index (χ4n) is 1.91.